The number of Topliss-reactive ketones (excluding diaryl/α,β-unsaturated/α-hetero) is 1. The van der Waals surface area contributed by atoms with E-state index in [1.54, 1.807) is 4.68 Å². The number of hydrogen-bond donors (Lipinski definition) is 0. The van der Waals surface area contributed by atoms with Crippen molar-refractivity contribution >= 4 is 28.7 Å². The number of aryl methyl sites for hydroxylation is 2. The summed E-state index contributed by atoms with van der Waals surface area (Å²) in [5.41, 5.74) is 1.26. The highest BCUT2D eigenvalue weighted by Gasteiger charge is 2.17. The van der Waals surface area contributed by atoms with E-state index in [0.29, 0.717) is 17.3 Å². The van der Waals surface area contributed by atoms with Gasteiger partial charge in [-0.2, -0.15) is 5.10 Å². The molecule has 2 aromatic heterocycles. The van der Waals surface area contributed by atoms with Crippen LogP contribution in [0.1, 0.15) is 28.1 Å². The molecule has 0 saturated heterocycles. The maximum Gasteiger partial charge on any atom is 0.188 e. The van der Waals surface area contributed by atoms with E-state index in [1.807, 2.05) is 19.2 Å². The van der Waals surface area contributed by atoms with Gasteiger partial charge in [0, 0.05) is 11.9 Å². The zero-order chi connectivity index (χ0) is 12.4. The summed E-state index contributed by atoms with van der Waals surface area (Å²) < 4.78 is 1.61. The quantitative estimate of drug-likeness (QED) is 0.802. The van der Waals surface area contributed by atoms with Gasteiger partial charge in [-0.3, -0.25) is 9.48 Å². The van der Waals surface area contributed by atoms with Crippen molar-refractivity contribution in [3.63, 3.8) is 0 Å². The summed E-state index contributed by atoms with van der Waals surface area (Å²) in [5.74, 6) is -0.0420. The van der Waals surface area contributed by atoms with Crippen molar-refractivity contribution < 1.29 is 4.79 Å². The zero-order valence-electron chi connectivity index (χ0n) is 9.61. The van der Waals surface area contributed by atoms with Crippen LogP contribution in [0.5, 0.6) is 0 Å². The Morgan fingerprint density at radius 1 is 1.59 bits per heavy atom. The summed E-state index contributed by atoms with van der Waals surface area (Å²) in [5, 5.41) is 7.31. The van der Waals surface area contributed by atoms with Gasteiger partial charge in [0.2, 0.25) is 0 Å². The maximum atomic E-state index is 12.1. The van der Waals surface area contributed by atoms with Crippen molar-refractivity contribution in [2.75, 3.05) is 0 Å². The second kappa shape index (κ2) is 4.98. The molecular weight excluding hydrogens is 258 g/mol. The number of carbonyl (C=O) groups is 1. The Labute approximate surface area is 108 Å². The predicted octanol–water partition coefficient (Wildman–Crippen LogP) is 2.75. The summed E-state index contributed by atoms with van der Waals surface area (Å²) in [6, 6.07) is 0. The smallest absolute Gasteiger partial charge is 0.188 e. The fourth-order valence-corrected chi connectivity index (χ4v) is 2.48. The normalized spacial score (nSPS) is 10.8. The van der Waals surface area contributed by atoms with Crippen molar-refractivity contribution in [1.82, 2.24) is 14.8 Å². The van der Waals surface area contributed by atoms with E-state index >= 15 is 0 Å². The van der Waals surface area contributed by atoms with E-state index in [4.69, 9.17) is 11.6 Å². The molecule has 0 N–H and O–H groups in total. The topological polar surface area (TPSA) is 47.8 Å². The summed E-state index contributed by atoms with van der Waals surface area (Å²) >= 11 is 7.51. The number of nitrogens with zero attached hydrogens (tertiary/aromatic N) is 3. The summed E-state index contributed by atoms with van der Waals surface area (Å²) in [7, 11) is 0. The largest absolute Gasteiger partial charge is 0.292 e. The van der Waals surface area contributed by atoms with E-state index in [1.165, 1.54) is 17.5 Å². The fourth-order valence-electron chi connectivity index (χ4n) is 1.62. The van der Waals surface area contributed by atoms with Crippen molar-refractivity contribution in [3.05, 3.63) is 33.0 Å². The molecule has 2 aromatic rings. The molecule has 6 heteroatoms. The lowest BCUT2D eigenvalue weighted by atomic mass is 10.2. The highest BCUT2D eigenvalue weighted by atomic mass is 35.5. The standard InChI is InChI=1S/C11H12ClN3OS/c1-3-15-11(9(12)5-13-15)10(16)4-8-6-17-7(2)14-8/h5-6H,3-4H2,1-2H3. The van der Waals surface area contributed by atoms with E-state index in [9.17, 15) is 4.79 Å². The van der Waals surface area contributed by atoms with Gasteiger partial charge in [0.05, 0.1) is 28.3 Å². The Kier molecular flexibility index (Phi) is 3.59. The number of rotatable bonds is 4. The van der Waals surface area contributed by atoms with E-state index in [2.05, 4.69) is 10.1 Å². The predicted molar refractivity (Wildman–Crippen MR) is 67.8 cm³/mol. The van der Waals surface area contributed by atoms with Gasteiger partial charge in [0.25, 0.3) is 0 Å². The average molecular weight is 270 g/mol. The fraction of sp³-hybridized carbons (Fsp3) is 0.364. The van der Waals surface area contributed by atoms with Gasteiger partial charge < -0.3 is 0 Å². The number of carbonyl (C=O) groups excluding carboxylic acids is 1. The van der Waals surface area contributed by atoms with Crippen LogP contribution in [0.15, 0.2) is 11.6 Å². The third-order valence-electron chi connectivity index (χ3n) is 2.37. The van der Waals surface area contributed by atoms with Gasteiger partial charge in [-0.1, -0.05) is 11.6 Å². The lowest BCUT2D eigenvalue weighted by molar-refractivity contribution is 0.0982. The highest BCUT2D eigenvalue weighted by molar-refractivity contribution is 7.09. The van der Waals surface area contributed by atoms with Crippen molar-refractivity contribution in [2.45, 2.75) is 26.8 Å². The summed E-state index contributed by atoms with van der Waals surface area (Å²) in [4.78, 5) is 16.4. The molecule has 0 aliphatic heterocycles. The van der Waals surface area contributed by atoms with Gasteiger partial charge in [0.15, 0.2) is 5.78 Å². The molecule has 90 valence electrons. The zero-order valence-corrected chi connectivity index (χ0v) is 11.2. The van der Waals surface area contributed by atoms with E-state index in [0.717, 1.165) is 10.7 Å². The molecule has 4 nitrogen and oxygen atoms in total. The molecule has 0 spiro atoms. The molecule has 2 rings (SSSR count). The third-order valence-corrected chi connectivity index (χ3v) is 3.47. The van der Waals surface area contributed by atoms with Crippen molar-refractivity contribution in [1.29, 1.82) is 0 Å². The van der Waals surface area contributed by atoms with Crippen LogP contribution in [-0.2, 0) is 13.0 Å². The molecule has 0 aliphatic carbocycles. The Hall–Kier alpha value is -1.20. The molecule has 0 amide bonds. The van der Waals surface area contributed by atoms with Crippen LogP contribution in [-0.4, -0.2) is 20.5 Å². The Morgan fingerprint density at radius 3 is 2.94 bits per heavy atom. The van der Waals surface area contributed by atoms with Crippen LogP contribution in [0.4, 0.5) is 0 Å². The first-order valence-electron chi connectivity index (χ1n) is 5.27. The highest BCUT2D eigenvalue weighted by Crippen LogP contribution is 2.18. The number of hydrogen-bond acceptors (Lipinski definition) is 4. The molecule has 0 aliphatic rings. The molecule has 0 fully saturated rings. The number of aromatic nitrogens is 3. The van der Waals surface area contributed by atoms with Crippen LogP contribution in [0, 0.1) is 6.92 Å². The molecule has 0 unspecified atom stereocenters. The van der Waals surface area contributed by atoms with Crippen LogP contribution in [0.25, 0.3) is 0 Å². The second-order valence-corrected chi connectivity index (χ2v) is 5.08. The maximum absolute atomic E-state index is 12.1. The molecular formula is C11H12ClN3OS. The second-order valence-electron chi connectivity index (χ2n) is 3.61. The van der Waals surface area contributed by atoms with Gasteiger partial charge in [-0.15, -0.1) is 11.3 Å². The third kappa shape index (κ3) is 2.56. The Bertz CT molecular complexity index is 547. The first-order chi connectivity index (χ1) is 8.11. The molecule has 17 heavy (non-hydrogen) atoms. The number of halogens is 1. The number of ketones is 1. The SMILES string of the molecule is CCn1ncc(Cl)c1C(=O)Cc1csc(C)n1. The lowest BCUT2D eigenvalue weighted by Crippen LogP contribution is -2.12. The molecule has 0 radical (unpaired) electrons. The average Bonchev–Trinajstić information content (AvgIpc) is 2.84. The first-order valence-corrected chi connectivity index (χ1v) is 6.53. The van der Waals surface area contributed by atoms with Crippen molar-refractivity contribution in [2.24, 2.45) is 0 Å². The van der Waals surface area contributed by atoms with Gasteiger partial charge >= 0.3 is 0 Å². The molecule has 2 heterocycles. The lowest BCUT2D eigenvalue weighted by Gasteiger charge is -2.03. The minimum atomic E-state index is -0.0420. The molecule has 0 saturated carbocycles. The first kappa shape index (κ1) is 12.3. The monoisotopic (exact) mass is 269 g/mol. The summed E-state index contributed by atoms with van der Waals surface area (Å²) in [6.45, 7) is 4.47. The Balaban J connectivity index is 2.22. The van der Waals surface area contributed by atoms with Crippen LogP contribution >= 0.6 is 22.9 Å². The number of thiazole rings is 1. The summed E-state index contributed by atoms with van der Waals surface area (Å²) in [6.07, 6.45) is 1.78. The minimum Gasteiger partial charge on any atom is -0.292 e. The van der Waals surface area contributed by atoms with E-state index in [-0.39, 0.29) is 12.2 Å². The van der Waals surface area contributed by atoms with Gasteiger partial charge in [-0.05, 0) is 13.8 Å². The van der Waals surface area contributed by atoms with E-state index < -0.39 is 0 Å². The van der Waals surface area contributed by atoms with Gasteiger partial charge in [-0.25, -0.2) is 4.98 Å². The van der Waals surface area contributed by atoms with Crippen LogP contribution in [0.2, 0.25) is 5.02 Å². The Morgan fingerprint density at radius 2 is 2.35 bits per heavy atom. The van der Waals surface area contributed by atoms with Crippen LogP contribution in [0.3, 0.4) is 0 Å². The molecule has 0 aromatic carbocycles. The van der Waals surface area contributed by atoms with Crippen LogP contribution < -0.4 is 0 Å². The van der Waals surface area contributed by atoms with Gasteiger partial charge in [0.1, 0.15) is 5.69 Å². The molecule has 0 atom stereocenters. The minimum absolute atomic E-state index is 0.0420. The molecule has 0 bridgehead atoms. The van der Waals surface area contributed by atoms with Crippen molar-refractivity contribution in [3.8, 4) is 0 Å².